The maximum absolute atomic E-state index is 12.7. The molecule has 9 nitrogen and oxygen atoms in total. The van der Waals surface area contributed by atoms with Gasteiger partial charge in [-0.05, 0) is 69.6 Å². The van der Waals surface area contributed by atoms with Crippen LogP contribution < -0.4 is 20.6 Å². The van der Waals surface area contributed by atoms with Crippen molar-refractivity contribution in [2.45, 2.75) is 62.9 Å². The van der Waals surface area contributed by atoms with Crippen LogP contribution in [0, 0.1) is 0 Å². The molecule has 0 aliphatic heterocycles. The molecule has 1 aromatic heterocycles. The topological polar surface area (TPSA) is 144 Å². The van der Waals surface area contributed by atoms with Crippen molar-refractivity contribution in [2.24, 2.45) is 5.73 Å². The number of amides is 1. The zero-order chi connectivity index (χ0) is 26.2. The second-order valence-corrected chi connectivity index (χ2v) is 11.8. The molecule has 0 spiro atoms. The fourth-order valence-electron chi connectivity index (χ4n) is 3.38. The van der Waals surface area contributed by atoms with E-state index in [2.05, 4.69) is 15.6 Å². The Morgan fingerprint density at radius 2 is 1.78 bits per heavy atom. The Morgan fingerprint density at radius 1 is 1.08 bits per heavy atom. The third-order valence-corrected chi connectivity index (χ3v) is 7.48. The minimum absolute atomic E-state index is 0.0108. The maximum atomic E-state index is 12.7. The van der Waals surface area contributed by atoms with Crippen LogP contribution in [0.3, 0.4) is 0 Å². The molecule has 0 atom stereocenters. The first kappa shape index (κ1) is 27.9. The van der Waals surface area contributed by atoms with E-state index in [4.69, 9.17) is 9.92 Å². The Labute approximate surface area is 216 Å². The van der Waals surface area contributed by atoms with E-state index in [-0.39, 0.29) is 16.6 Å². The Kier molecular flexibility index (Phi) is 9.66. The van der Waals surface area contributed by atoms with E-state index in [1.807, 2.05) is 0 Å². The van der Waals surface area contributed by atoms with Gasteiger partial charge in [0.25, 0.3) is 0 Å². The summed E-state index contributed by atoms with van der Waals surface area (Å²) in [5, 5.41) is 16.1. The van der Waals surface area contributed by atoms with Crippen molar-refractivity contribution in [2.75, 3.05) is 23.7 Å². The molecule has 3 aromatic rings. The average molecular weight is 535 g/mol. The molecule has 0 unspecified atom stereocenters. The quantitative estimate of drug-likeness (QED) is 0.175. The summed E-state index contributed by atoms with van der Waals surface area (Å²) in [5.41, 5.74) is 5.92. The van der Waals surface area contributed by atoms with E-state index in [0.717, 1.165) is 32.1 Å². The van der Waals surface area contributed by atoms with E-state index in [1.165, 1.54) is 29.5 Å². The van der Waals surface area contributed by atoms with Gasteiger partial charge in [-0.2, -0.15) is 8.42 Å². The van der Waals surface area contributed by atoms with E-state index < -0.39 is 15.7 Å². The van der Waals surface area contributed by atoms with Crippen molar-refractivity contribution in [1.82, 2.24) is 4.98 Å². The third-order valence-electron chi connectivity index (χ3n) is 5.29. The van der Waals surface area contributed by atoms with Crippen LogP contribution in [0.5, 0.6) is 5.75 Å². The lowest BCUT2D eigenvalue weighted by Gasteiger charge is -2.18. The first-order chi connectivity index (χ1) is 17.1. The molecule has 0 saturated heterocycles. The number of nitrogens with zero attached hydrogens (tertiary/aromatic N) is 1. The van der Waals surface area contributed by atoms with Crippen molar-refractivity contribution < 1.29 is 22.5 Å². The van der Waals surface area contributed by atoms with Crippen LogP contribution in [0.4, 0.5) is 10.8 Å². The Hall–Kier alpha value is -2.73. The Morgan fingerprint density at radius 3 is 2.47 bits per heavy atom. The van der Waals surface area contributed by atoms with Crippen molar-refractivity contribution in [3.63, 3.8) is 0 Å². The van der Waals surface area contributed by atoms with E-state index in [1.54, 1.807) is 38.1 Å². The van der Waals surface area contributed by atoms with Gasteiger partial charge in [0.1, 0.15) is 10.6 Å². The summed E-state index contributed by atoms with van der Waals surface area (Å²) in [7, 11) is -4.04. The monoisotopic (exact) mass is 534 g/mol. The molecular formula is C25H34N4O5S2. The Balaban J connectivity index is 1.58. The van der Waals surface area contributed by atoms with E-state index in [9.17, 15) is 18.3 Å². The molecule has 0 fully saturated rings. The number of unbranched alkanes of at least 4 members (excludes halogenated alkanes) is 4. The van der Waals surface area contributed by atoms with Crippen molar-refractivity contribution in [3.05, 3.63) is 42.5 Å². The average Bonchev–Trinajstić information content (AvgIpc) is 3.21. The largest absolute Gasteiger partial charge is 0.389 e. The van der Waals surface area contributed by atoms with Crippen LogP contribution in [-0.4, -0.2) is 43.1 Å². The fourth-order valence-corrected chi connectivity index (χ4v) is 5.22. The number of nitrogens with one attached hydrogen (secondary N) is 2. The molecule has 0 radical (unpaired) electrons. The first-order valence-electron chi connectivity index (χ1n) is 12.0. The van der Waals surface area contributed by atoms with Crippen LogP contribution >= 0.6 is 11.3 Å². The molecule has 0 bridgehead atoms. The standard InChI is InChI=1S/C25H34N4O5S2/c1-25(2,31)17-27-18-9-12-20(13-10-18)36(32,33)34-19-11-14-21-22(16-19)35-24(28-21)29-23(30)8-6-4-3-5-7-15-26/h9-14,16,27,31H,3-8,15,17,26H2,1-2H3,(H,28,29,30). The van der Waals surface area contributed by atoms with Gasteiger partial charge >= 0.3 is 10.1 Å². The molecular weight excluding hydrogens is 500 g/mol. The van der Waals surface area contributed by atoms with E-state index in [0.29, 0.717) is 40.5 Å². The fraction of sp³-hybridized carbons (Fsp3) is 0.440. The van der Waals surface area contributed by atoms with Gasteiger partial charge in [-0.1, -0.05) is 30.6 Å². The number of anilines is 2. The van der Waals surface area contributed by atoms with Gasteiger partial charge in [-0.15, -0.1) is 0 Å². The molecule has 11 heteroatoms. The second-order valence-electron chi connectivity index (χ2n) is 9.23. The number of hydrogen-bond donors (Lipinski definition) is 4. The highest BCUT2D eigenvalue weighted by molar-refractivity contribution is 7.87. The summed E-state index contributed by atoms with van der Waals surface area (Å²) in [6.07, 6.45) is 5.40. The molecule has 2 aromatic carbocycles. The van der Waals surface area contributed by atoms with Crippen LogP contribution in [0.2, 0.25) is 0 Å². The SMILES string of the molecule is CC(C)(O)CNc1ccc(S(=O)(=O)Oc2ccc3nc(NC(=O)CCCCCCCN)sc3c2)cc1. The van der Waals surface area contributed by atoms with Crippen molar-refractivity contribution in [3.8, 4) is 5.75 Å². The number of thiazole rings is 1. The molecule has 0 aliphatic rings. The number of hydrogen-bond acceptors (Lipinski definition) is 9. The van der Waals surface area contributed by atoms with Gasteiger partial charge in [0.15, 0.2) is 5.13 Å². The minimum Gasteiger partial charge on any atom is -0.389 e. The highest BCUT2D eigenvalue weighted by Gasteiger charge is 2.18. The summed E-state index contributed by atoms with van der Waals surface area (Å²) >= 11 is 1.26. The molecule has 1 amide bonds. The summed E-state index contributed by atoms with van der Waals surface area (Å²) in [6.45, 7) is 4.38. The number of carbonyl (C=O) groups excluding carboxylic acids is 1. The van der Waals surface area contributed by atoms with Crippen molar-refractivity contribution >= 4 is 48.4 Å². The van der Waals surface area contributed by atoms with Crippen LogP contribution in [0.15, 0.2) is 47.4 Å². The normalized spacial score (nSPS) is 12.0. The van der Waals surface area contributed by atoms with Gasteiger partial charge in [0.2, 0.25) is 5.91 Å². The van der Waals surface area contributed by atoms with E-state index >= 15 is 0 Å². The predicted molar refractivity (Wildman–Crippen MR) is 144 cm³/mol. The minimum atomic E-state index is -4.04. The molecule has 0 aliphatic carbocycles. The van der Waals surface area contributed by atoms with Gasteiger partial charge in [0, 0.05) is 24.7 Å². The zero-order valence-electron chi connectivity index (χ0n) is 20.6. The maximum Gasteiger partial charge on any atom is 0.339 e. The molecule has 196 valence electrons. The Bertz CT molecular complexity index is 1250. The number of fused-ring (bicyclic) bond motifs is 1. The number of aliphatic hydroxyl groups is 1. The molecule has 0 saturated carbocycles. The van der Waals surface area contributed by atoms with Crippen molar-refractivity contribution in [1.29, 1.82) is 0 Å². The molecule has 5 N–H and O–H groups in total. The van der Waals surface area contributed by atoms with Gasteiger partial charge in [-0.3, -0.25) is 4.79 Å². The summed E-state index contributed by atoms with van der Waals surface area (Å²) in [6, 6.07) is 10.9. The summed E-state index contributed by atoms with van der Waals surface area (Å²) in [4.78, 5) is 16.6. The lowest BCUT2D eigenvalue weighted by molar-refractivity contribution is -0.116. The number of aromatic nitrogens is 1. The van der Waals surface area contributed by atoms with Crippen LogP contribution in [-0.2, 0) is 14.9 Å². The lowest BCUT2D eigenvalue weighted by Crippen LogP contribution is -2.29. The lowest BCUT2D eigenvalue weighted by atomic mass is 10.1. The third kappa shape index (κ3) is 8.74. The highest BCUT2D eigenvalue weighted by Crippen LogP contribution is 2.31. The van der Waals surface area contributed by atoms with Gasteiger partial charge in [-0.25, -0.2) is 4.98 Å². The van der Waals surface area contributed by atoms with Gasteiger partial charge in [0.05, 0.1) is 15.8 Å². The van der Waals surface area contributed by atoms with Gasteiger partial charge < -0.3 is 25.7 Å². The predicted octanol–water partition coefficient (Wildman–Crippen LogP) is 4.48. The smallest absolute Gasteiger partial charge is 0.339 e. The highest BCUT2D eigenvalue weighted by atomic mass is 32.2. The summed E-state index contributed by atoms with van der Waals surface area (Å²) in [5.74, 6) is 0.0677. The number of rotatable bonds is 14. The number of carbonyl (C=O) groups is 1. The van der Waals surface area contributed by atoms with Crippen LogP contribution in [0.25, 0.3) is 10.2 Å². The zero-order valence-corrected chi connectivity index (χ0v) is 22.3. The first-order valence-corrected chi connectivity index (χ1v) is 14.2. The second kappa shape index (κ2) is 12.5. The number of benzene rings is 2. The molecule has 1 heterocycles. The number of nitrogens with two attached hydrogens (primary N) is 1. The molecule has 3 rings (SSSR count). The summed E-state index contributed by atoms with van der Waals surface area (Å²) < 4.78 is 31.5. The molecule has 36 heavy (non-hydrogen) atoms. The van der Waals surface area contributed by atoms with Crippen LogP contribution in [0.1, 0.15) is 52.4 Å².